The molecule has 0 amide bonds. The third-order valence-electron chi connectivity index (χ3n) is 3.34. The van der Waals surface area contributed by atoms with Crippen molar-refractivity contribution in [2.45, 2.75) is 38.6 Å². The van der Waals surface area contributed by atoms with Gasteiger partial charge < -0.3 is 14.8 Å². The third kappa shape index (κ3) is 4.24. The zero-order chi connectivity index (χ0) is 13.5. The molecule has 0 saturated heterocycles. The Bertz CT molecular complexity index is 382. The topological polar surface area (TPSA) is 43.4 Å². The molecule has 1 heterocycles. The lowest BCUT2D eigenvalue weighted by Crippen LogP contribution is -2.23. The van der Waals surface area contributed by atoms with E-state index < -0.39 is 0 Å². The van der Waals surface area contributed by atoms with Gasteiger partial charge in [0.2, 0.25) is 0 Å². The summed E-state index contributed by atoms with van der Waals surface area (Å²) in [5.74, 6) is 0. The molecule has 5 heteroatoms. The first kappa shape index (κ1) is 14.9. The Morgan fingerprint density at radius 2 is 2.26 bits per heavy atom. The van der Waals surface area contributed by atoms with Crippen molar-refractivity contribution >= 4 is 11.3 Å². The van der Waals surface area contributed by atoms with Crippen LogP contribution in [0.15, 0.2) is 0 Å². The van der Waals surface area contributed by atoms with Crippen molar-refractivity contribution in [3.05, 3.63) is 15.6 Å². The first-order valence-corrected chi connectivity index (χ1v) is 7.95. The molecule has 1 aliphatic carbocycles. The average Bonchev–Trinajstić information content (AvgIpc) is 2.83. The normalized spacial score (nSPS) is 18.5. The highest BCUT2D eigenvalue weighted by atomic mass is 32.1. The van der Waals surface area contributed by atoms with E-state index in [1.54, 1.807) is 7.11 Å². The molecule has 1 aliphatic rings. The summed E-state index contributed by atoms with van der Waals surface area (Å²) in [6, 6.07) is 0.523. The van der Waals surface area contributed by atoms with Gasteiger partial charge in [0.15, 0.2) is 0 Å². The van der Waals surface area contributed by atoms with Crippen LogP contribution in [0.1, 0.15) is 41.4 Å². The van der Waals surface area contributed by atoms with Gasteiger partial charge in [-0.05, 0) is 25.8 Å². The molecule has 0 bridgehead atoms. The van der Waals surface area contributed by atoms with E-state index in [0.29, 0.717) is 19.3 Å². The van der Waals surface area contributed by atoms with E-state index in [4.69, 9.17) is 14.5 Å². The van der Waals surface area contributed by atoms with Gasteiger partial charge in [0.05, 0.1) is 30.5 Å². The molecule has 1 aromatic heterocycles. The quantitative estimate of drug-likeness (QED) is 0.744. The van der Waals surface area contributed by atoms with Gasteiger partial charge in [-0.15, -0.1) is 11.3 Å². The Morgan fingerprint density at radius 3 is 3.05 bits per heavy atom. The van der Waals surface area contributed by atoms with Crippen LogP contribution in [0.3, 0.4) is 0 Å². The minimum Gasteiger partial charge on any atom is -0.382 e. The molecule has 1 N–H and O–H groups in total. The second kappa shape index (κ2) is 7.94. The molecule has 0 saturated carbocycles. The van der Waals surface area contributed by atoms with Gasteiger partial charge in [-0.3, -0.25) is 0 Å². The van der Waals surface area contributed by atoms with Gasteiger partial charge in [-0.25, -0.2) is 4.98 Å². The van der Waals surface area contributed by atoms with Crippen LogP contribution in [0.4, 0.5) is 0 Å². The number of hydrogen-bond acceptors (Lipinski definition) is 5. The molecule has 1 unspecified atom stereocenters. The van der Waals surface area contributed by atoms with Crippen molar-refractivity contribution in [1.29, 1.82) is 0 Å². The van der Waals surface area contributed by atoms with E-state index in [0.717, 1.165) is 26.0 Å². The summed E-state index contributed by atoms with van der Waals surface area (Å²) in [6.07, 6.45) is 4.55. The van der Waals surface area contributed by atoms with Crippen LogP contribution in [-0.4, -0.2) is 38.5 Å². The van der Waals surface area contributed by atoms with Gasteiger partial charge in [-0.2, -0.15) is 0 Å². The Morgan fingerprint density at radius 1 is 1.37 bits per heavy atom. The molecular weight excluding hydrogens is 260 g/mol. The van der Waals surface area contributed by atoms with E-state index in [1.165, 1.54) is 28.4 Å². The molecule has 0 spiro atoms. The SMILES string of the molecule is CCNC1CCCc2nc(CCOCCOC)sc21. The molecule has 0 fully saturated rings. The van der Waals surface area contributed by atoms with Crippen LogP contribution in [0.5, 0.6) is 0 Å². The standard InChI is InChI=1S/C14H24N2O2S/c1-3-15-11-5-4-6-12-14(11)19-13(16-12)7-8-18-10-9-17-2/h11,15H,3-10H2,1-2H3. The molecule has 108 valence electrons. The maximum absolute atomic E-state index is 5.51. The largest absolute Gasteiger partial charge is 0.382 e. The van der Waals surface area contributed by atoms with Crippen molar-refractivity contribution in [3.8, 4) is 0 Å². The van der Waals surface area contributed by atoms with Crippen LogP contribution in [0.25, 0.3) is 0 Å². The fourth-order valence-electron chi connectivity index (χ4n) is 2.42. The number of nitrogens with one attached hydrogen (secondary N) is 1. The fraction of sp³-hybridized carbons (Fsp3) is 0.786. The average molecular weight is 284 g/mol. The van der Waals surface area contributed by atoms with Gasteiger partial charge in [0.1, 0.15) is 0 Å². The van der Waals surface area contributed by atoms with Crippen LogP contribution >= 0.6 is 11.3 Å². The predicted molar refractivity (Wildman–Crippen MR) is 77.9 cm³/mol. The molecule has 1 aromatic rings. The lowest BCUT2D eigenvalue weighted by Gasteiger charge is -2.21. The third-order valence-corrected chi connectivity index (χ3v) is 4.61. The molecule has 0 aromatic carbocycles. The van der Waals surface area contributed by atoms with E-state index in [9.17, 15) is 0 Å². The van der Waals surface area contributed by atoms with E-state index in [1.807, 2.05) is 11.3 Å². The van der Waals surface area contributed by atoms with Crippen molar-refractivity contribution < 1.29 is 9.47 Å². The highest BCUT2D eigenvalue weighted by Gasteiger charge is 2.23. The Balaban J connectivity index is 1.86. The minimum absolute atomic E-state index is 0.523. The number of ether oxygens (including phenoxy) is 2. The first-order chi connectivity index (χ1) is 9.35. The van der Waals surface area contributed by atoms with Gasteiger partial charge in [0, 0.05) is 24.4 Å². The lowest BCUT2D eigenvalue weighted by molar-refractivity contribution is 0.0722. The van der Waals surface area contributed by atoms with Gasteiger partial charge in [0.25, 0.3) is 0 Å². The number of rotatable bonds is 8. The molecule has 4 nitrogen and oxygen atoms in total. The summed E-state index contributed by atoms with van der Waals surface area (Å²) >= 11 is 1.86. The summed E-state index contributed by atoms with van der Waals surface area (Å²) in [5, 5.41) is 4.78. The summed E-state index contributed by atoms with van der Waals surface area (Å²) in [5.41, 5.74) is 1.31. The van der Waals surface area contributed by atoms with E-state index >= 15 is 0 Å². The number of methoxy groups -OCH3 is 1. The number of aryl methyl sites for hydroxylation is 1. The van der Waals surface area contributed by atoms with Crippen molar-refractivity contribution in [3.63, 3.8) is 0 Å². The van der Waals surface area contributed by atoms with E-state index in [2.05, 4.69) is 12.2 Å². The number of nitrogens with zero attached hydrogens (tertiary/aromatic N) is 1. The number of fused-ring (bicyclic) bond motifs is 1. The van der Waals surface area contributed by atoms with Gasteiger partial charge in [-0.1, -0.05) is 6.92 Å². The van der Waals surface area contributed by atoms with Crippen molar-refractivity contribution in [2.24, 2.45) is 0 Å². The molecule has 0 radical (unpaired) electrons. The van der Waals surface area contributed by atoms with Crippen LogP contribution in [0, 0.1) is 0 Å². The number of aromatic nitrogens is 1. The first-order valence-electron chi connectivity index (χ1n) is 7.13. The smallest absolute Gasteiger partial charge is 0.0954 e. The van der Waals surface area contributed by atoms with Crippen LogP contribution in [-0.2, 0) is 22.3 Å². The summed E-state index contributed by atoms with van der Waals surface area (Å²) < 4.78 is 10.5. The number of thiazole rings is 1. The minimum atomic E-state index is 0.523. The Hall–Kier alpha value is -0.490. The zero-order valence-electron chi connectivity index (χ0n) is 11.9. The predicted octanol–water partition coefficient (Wildman–Crippen LogP) is 2.34. The maximum atomic E-state index is 5.51. The summed E-state index contributed by atoms with van der Waals surface area (Å²) in [7, 11) is 1.69. The Kier molecular flexibility index (Phi) is 6.23. The summed E-state index contributed by atoms with van der Waals surface area (Å²) in [6.45, 7) is 5.26. The van der Waals surface area contributed by atoms with Crippen molar-refractivity contribution in [1.82, 2.24) is 10.3 Å². The second-order valence-electron chi connectivity index (χ2n) is 4.78. The zero-order valence-corrected chi connectivity index (χ0v) is 12.7. The second-order valence-corrected chi connectivity index (χ2v) is 5.89. The maximum Gasteiger partial charge on any atom is 0.0954 e. The monoisotopic (exact) mass is 284 g/mol. The van der Waals surface area contributed by atoms with Crippen LogP contribution in [0.2, 0.25) is 0 Å². The van der Waals surface area contributed by atoms with Crippen LogP contribution < -0.4 is 5.32 Å². The number of hydrogen-bond donors (Lipinski definition) is 1. The molecule has 19 heavy (non-hydrogen) atoms. The molecular formula is C14H24N2O2S. The van der Waals surface area contributed by atoms with Gasteiger partial charge >= 0.3 is 0 Å². The molecule has 0 aliphatic heterocycles. The molecule has 2 rings (SSSR count). The summed E-state index contributed by atoms with van der Waals surface area (Å²) in [4.78, 5) is 6.23. The van der Waals surface area contributed by atoms with Crippen molar-refractivity contribution in [2.75, 3.05) is 33.5 Å². The Labute approximate surface area is 119 Å². The highest BCUT2D eigenvalue weighted by molar-refractivity contribution is 7.11. The van der Waals surface area contributed by atoms with E-state index in [-0.39, 0.29) is 0 Å². The lowest BCUT2D eigenvalue weighted by atomic mass is 9.98. The fourth-order valence-corrected chi connectivity index (χ4v) is 3.63. The highest BCUT2D eigenvalue weighted by Crippen LogP contribution is 2.34. The molecule has 1 atom stereocenters.